The Morgan fingerprint density at radius 1 is 1.25 bits per heavy atom. The van der Waals surface area contributed by atoms with Gasteiger partial charge in [0.05, 0.1) is 12.2 Å². The third-order valence-corrected chi connectivity index (χ3v) is 3.22. The Bertz CT molecular complexity index is 794. The molecule has 0 amide bonds. The normalized spacial score (nSPS) is 12.9. The predicted octanol–water partition coefficient (Wildman–Crippen LogP) is 3.53. The number of hydrogen-bond donors (Lipinski definition) is 0. The first-order valence-electron chi connectivity index (χ1n) is 7.24. The van der Waals surface area contributed by atoms with Gasteiger partial charge in [-0.1, -0.05) is 6.92 Å². The van der Waals surface area contributed by atoms with Crippen LogP contribution in [0.2, 0.25) is 0 Å². The standard InChI is InChI=1S/C16H15F3O5/c1-3-12(15(21)22-4-2)23-9-5-6-10-11(16(17,18)19)8-14(20)24-13(10)7-9/h5-8,12H,3-4H2,1-2H3/t12-/m1/s1. The van der Waals surface area contributed by atoms with Crippen molar-refractivity contribution in [1.82, 2.24) is 0 Å². The van der Waals surface area contributed by atoms with Crippen molar-refractivity contribution >= 4 is 16.9 Å². The molecular weight excluding hydrogens is 329 g/mol. The number of benzene rings is 1. The number of hydrogen-bond acceptors (Lipinski definition) is 5. The molecule has 1 heterocycles. The molecule has 1 aromatic heterocycles. The number of halogens is 3. The average molecular weight is 344 g/mol. The molecule has 0 saturated carbocycles. The second-order valence-electron chi connectivity index (χ2n) is 4.90. The first-order valence-corrected chi connectivity index (χ1v) is 7.24. The number of alkyl halides is 3. The highest BCUT2D eigenvalue weighted by atomic mass is 19.4. The van der Waals surface area contributed by atoms with Crippen LogP contribution in [0.1, 0.15) is 25.8 Å². The van der Waals surface area contributed by atoms with Gasteiger partial charge in [0.25, 0.3) is 0 Å². The summed E-state index contributed by atoms with van der Waals surface area (Å²) in [5, 5.41) is -0.265. The van der Waals surface area contributed by atoms with E-state index in [2.05, 4.69) is 0 Å². The summed E-state index contributed by atoms with van der Waals surface area (Å²) in [6.07, 6.45) is -5.28. The van der Waals surface area contributed by atoms with Crippen molar-refractivity contribution in [1.29, 1.82) is 0 Å². The summed E-state index contributed by atoms with van der Waals surface area (Å²) in [5.41, 5.74) is -2.48. The Kier molecular flexibility index (Phi) is 5.16. The van der Waals surface area contributed by atoms with E-state index in [1.807, 2.05) is 0 Å². The van der Waals surface area contributed by atoms with Crippen LogP contribution in [-0.4, -0.2) is 18.7 Å². The van der Waals surface area contributed by atoms with Crippen molar-refractivity contribution in [3.63, 3.8) is 0 Å². The van der Waals surface area contributed by atoms with E-state index < -0.39 is 29.4 Å². The van der Waals surface area contributed by atoms with E-state index in [4.69, 9.17) is 13.9 Å². The SMILES string of the molecule is CCOC(=O)[C@@H](CC)Oc1ccc2c(C(F)(F)F)cc(=O)oc2c1. The van der Waals surface area contributed by atoms with Crippen LogP contribution >= 0.6 is 0 Å². The number of esters is 1. The van der Waals surface area contributed by atoms with Crippen LogP contribution in [0, 0.1) is 0 Å². The second-order valence-corrected chi connectivity index (χ2v) is 4.90. The molecule has 130 valence electrons. The van der Waals surface area contributed by atoms with E-state index in [0.29, 0.717) is 12.5 Å². The summed E-state index contributed by atoms with van der Waals surface area (Å²) in [4.78, 5) is 23.1. The number of carbonyl (C=O) groups excluding carboxylic acids is 1. The minimum absolute atomic E-state index is 0.102. The molecule has 0 spiro atoms. The van der Waals surface area contributed by atoms with E-state index in [0.717, 1.165) is 12.1 Å². The van der Waals surface area contributed by atoms with Crippen molar-refractivity contribution in [2.24, 2.45) is 0 Å². The van der Waals surface area contributed by atoms with Gasteiger partial charge in [-0.05, 0) is 25.5 Å². The zero-order chi connectivity index (χ0) is 17.9. The molecular formula is C16H15F3O5. The van der Waals surface area contributed by atoms with Gasteiger partial charge in [-0.25, -0.2) is 9.59 Å². The first-order chi connectivity index (χ1) is 11.3. The van der Waals surface area contributed by atoms with Gasteiger partial charge in [0.1, 0.15) is 11.3 Å². The first kappa shape index (κ1) is 17.8. The number of ether oxygens (including phenoxy) is 2. The van der Waals surface area contributed by atoms with Crippen LogP contribution in [0.15, 0.2) is 33.5 Å². The van der Waals surface area contributed by atoms with Crippen molar-refractivity contribution in [3.05, 3.63) is 40.2 Å². The lowest BCUT2D eigenvalue weighted by Crippen LogP contribution is -2.28. The van der Waals surface area contributed by atoms with Gasteiger partial charge in [-0.3, -0.25) is 0 Å². The molecule has 0 unspecified atom stereocenters. The molecule has 0 radical (unpaired) electrons. The summed E-state index contributed by atoms with van der Waals surface area (Å²) < 4.78 is 54.0. The molecule has 0 aliphatic rings. The third-order valence-electron chi connectivity index (χ3n) is 3.22. The fourth-order valence-corrected chi connectivity index (χ4v) is 2.15. The Morgan fingerprint density at radius 3 is 2.54 bits per heavy atom. The molecule has 0 saturated heterocycles. The molecule has 0 aliphatic heterocycles. The molecule has 1 atom stereocenters. The molecule has 0 N–H and O–H groups in total. The average Bonchev–Trinajstić information content (AvgIpc) is 2.50. The highest BCUT2D eigenvalue weighted by Crippen LogP contribution is 2.35. The fourth-order valence-electron chi connectivity index (χ4n) is 2.15. The minimum atomic E-state index is -4.69. The van der Waals surface area contributed by atoms with Gasteiger partial charge in [0, 0.05) is 17.5 Å². The molecule has 8 heteroatoms. The lowest BCUT2D eigenvalue weighted by atomic mass is 10.1. The van der Waals surface area contributed by atoms with E-state index in [-0.39, 0.29) is 23.3 Å². The minimum Gasteiger partial charge on any atom is -0.479 e. The topological polar surface area (TPSA) is 65.7 Å². The molecule has 0 fully saturated rings. The molecule has 2 aromatic rings. The van der Waals surface area contributed by atoms with Gasteiger partial charge in [0.15, 0.2) is 6.10 Å². The highest BCUT2D eigenvalue weighted by Gasteiger charge is 2.34. The number of carbonyl (C=O) groups is 1. The van der Waals surface area contributed by atoms with Crippen LogP contribution in [0.4, 0.5) is 13.2 Å². The Labute approximate surface area is 135 Å². The maximum Gasteiger partial charge on any atom is 0.417 e. The molecule has 24 heavy (non-hydrogen) atoms. The maximum absolute atomic E-state index is 13.0. The number of fused-ring (bicyclic) bond motifs is 1. The van der Waals surface area contributed by atoms with Crippen LogP contribution in [0.5, 0.6) is 5.75 Å². The molecule has 1 aromatic carbocycles. The van der Waals surface area contributed by atoms with Gasteiger partial charge >= 0.3 is 17.8 Å². The van der Waals surface area contributed by atoms with E-state index in [1.54, 1.807) is 13.8 Å². The van der Waals surface area contributed by atoms with Crippen LogP contribution < -0.4 is 10.4 Å². The molecule has 0 aliphatic carbocycles. The van der Waals surface area contributed by atoms with Gasteiger partial charge in [-0.2, -0.15) is 13.2 Å². The zero-order valence-corrected chi connectivity index (χ0v) is 13.0. The van der Waals surface area contributed by atoms with Gasteiger partial charge < -0.3 is 13.9 Å². The largest absolute Gasteiger partial charge is 0.479 e. The Balaban J connectivity index is 2.41. The van der Waals surface area contributed by atoms with Crippen molar-refractivity contribution < 1.29 is 31.9 Å². The molecule has 5 nitrogen and oxygen atoms in total. The molecule has 2 rings (SSSR count). The lowest BCUT2D eigenvalue weighted by molar-refractivity contribution is -0.151. The van der Waals surface area contributed by atoms with E-state index >= 15 is 0 Å². The molecule has 0 bridgehead atoms. The summed E-state index contributed by atoms with van der Waals surface area (Å²) >= 11 is 0. The van der Waals surface area contributed by atoms with Crippen molar-refractivity contribution in [2.75, 3.05) is 6.61 Å². The smallest absolute Gasteiger partial charge is 0.417 e. The third kappa shape index (κ3) is 3.87. The Morgan fingerprint density at radius 2 is 1.96 bits per heavy atom. The van der Waals surface area contributed by atoms with Gasteiger partial charge in [-0.15, -0.1) is 0 Å². The number of rotatable bonds is 5. The van der Waals surface area contributed by atoms with Crippen LogP contribution in [-0.2, 0) is 15.7 Å². The van der Waals surface area contributed by atoms with Crippen LogP contribution in [0.25, 0.3) is 11.0 Å². The van der Waals surface area contributed by atoms with Gasteiger partial charge in [0.2, 0.25) is 0 Å². The van der Waals surface area contributed by atoms with E-state index in [9.17, 15) is 22.8 Å². The second kappa shape index (κ2) is 6.94. The summed E-state index contributed by atoms with van der Waals surface area (Å²) in [6, 6.07) is 3.96. The van der Waals surface area contributed by atoms with Crippen molar-refractivity contribution in [2.45, 2.75) is 32.5 Å². The van der Waals surface area contributed by atoms with Crippen molar-refractivity contribution in [3.8, 4) is 5.75 Å². The van der Waals surface area contributed by atoms with Crippen LogP contribution in [0.3, 0.4) is 0 Å². The predicted molar refractivity (Wildman–Crippen MR) is 78.8 cm³/mol. The summed E-state index contributed by atoms with van der Waals surface area (Å²) in [5.74, 6) is -0.476. The zero-order valence-electron chi connectivity index (χ0n) is 13.0. The summed E-state index contributed by atoms with van der Waals surface area (Å²) in [7, 11) is 0. The monoisotopic (exact) mass is 344 g/mol. The van der Waals surface area contributed by atoms with E-state index in [1.165, 1.54) is 6.07 Å². The summed E-state index contributed by atoms with van der Waals surface area (Å²) in [6.45, 7) is 3.53. The Hall–Kier alpha value is -2.51. The quantitative estimate of drug-likeness (QED) is 0.613. The highest BCUT2D eigenvalue weighted by molar-refractivity contribution is 5.82. The maximum atomic E-state index is 13.0. The lowest BCUT2D eigenvalue weighted by Gasteiger charge is -2.16. The fraction of sp³-hybridized carbons (Fsp3) is 0.375.